The molecule has 0 atom stereocenters. The lowest BCUT2D eigenvalue weighted by atomic mass is 9.77. The Morgan fingerprint density at radius 3 is 2.00 bits per heavy atom. The van der Waals surface area contributed by atoms with Crippen molar-refractivity contribution in [1.82, 2.24) is 0 Å². The third kappa shape index (κ3) is 5.57. The molecule has 26 heavy (non-hydrogen) atoms. The fraction of sp³-hybridized carbons (Fsp3) is 0.750. The largest absolute Gasteiger partial charge is 0.348 e. The minimum absolute atomic E-state index is 0.161. The number of ether oxygens (including phenoxy) is 2. The number of hydrogen-bond donors (Lipinski definition) is 0. The molecule has 1 aliphatic carbocycles. The SMILES string of the molecule is CCCCCC1CCC(c2ccc(C3OCC(CCC)CO3)cc2)CC1. The van der Waals surface area contributed by atoms with Crippen LogP contribution in [0.15, 0.2) is 24.3 Å². The molecule has 2 fully saturated rings. The van der Waals surface area contributed by atoms with Crippen molar-refractivity contribution in [3.63, 3.8) is 0 Å². The Bertz CT molecular complexity index is 493. The average Bonchev–Trinajstić information content (AvgIpc) is 2.70. The van der Waals surface area contributed by atoms with Crippen molar-refractivity contribution in [2.75, 3.05) is 13.2 Å². The zero-order valence-corrected chi connectivity index (χ0v) is 16.9. The molecule has 2 heteroatoms. The quantitative estimate of drug-likeness (QED) is 0.466. The fourth-order valence-corrected chi connectivity index (χ4v) is 4.70. The number of rotatable bonds is 8. The van der Waals surface area contributed by atoms with Crippen LogP contribution in [-0.2, 0) is 9.47 Å². The van der Waals surface area contributed by atoms with Gasteiger partial charge in [0.05, 0.1) is 13.2 Å². The maximum absolute atomic E-state index is 5.95. The summed E-state index contributed by atoms with van der Waals surface area (Å²) in [6.07, 6.45) is 13.5. The van der Waals surface area contributed by atoms with Gasteiger partial charge in [-0.25, -0.2) is 0 Å². The van der Waals surface area contributed by atoms with Gasteiger partial charge in [-0.2, -0.15) is 0 Å². The van der Waals surface area contributed by atoms with Crippen LogP contribution < -0.4 is 0 Å². The van der Waals surface area contributed by atoms with Gasteiger partial charge in [-0.15, -0.1) is 0 Å². The van der Waals surface area contributed by atoms with Gasteiger partial charge < -0.3 is 9.47 Å². The van der Waals surface area contributed by atoms with Crippen molar-refractivity contribution < 1.29 is 9.47 Å². The summed E-state index contributed by atoms with van der Waals surface area (Å²) in [6.45, 7) is 6.20. The van der Waals surface area contributed by atoms with Gasteiger partial charge in [0.2, 0.25) is 0 Å². The molecule has 0 spiro atoms. The number of unbranched alkanes of at least 4 members (excludes halogenated alkanes) is 2. The molecule has 0 aromatic heterocycles. The van der Waals surface area contributed by atoms with E-state index in [1.807, 2.05) is 0 Å². The van der Waals surface area contributed by atoms with Crippen LogP contribution in [-0.4, -0.2) is 13.2 Å². The first-order valence-corrected chi connectivity index (χ1v) is 11.1. The first kappa shape index (κ1) is 19.9. The van der Waals surface area contributed by atoms with Gasteiger partial charge in [-0.1, -0.05) is 70.2 Å². The van der Waals surface area contributed by atoms with Crippen LogP contribution in [0.25, 0.3) is 0 Å². The summed E-state index contributed by atoms with van der Waals surface area (Å²) in [4.78, 5) is 0. The standard InChI is InChI=1S/C24H38O2/c1-3-5-6-8-19-9-11-21(12-10-19)22-13-15-23(16-14-22)24-25-17-20(7-4-2)18-26-24/h13-16,19-21,24H,3-12,17-18H2,1-2H3. The Morgan fingerprint density at radius 1 is 0.731 bits per heavy atom. The van der Waals surface area contributed by atoms with Gasteiger partial charge in [0.1, 0.15) is 0 Å². The van der Waals surface area contributed by atoms with Crippen molar-refractivity contribution in [2.45, 2.75) is 90.3 Å². The van der Waals surface area contributed by atoms with E-state index in [4.69, 9.17) is 9.47 Å². The monoisotopic (exact) mass is 358 g/mol. The second-order valence-corrected chi connectivity index (χ2v) is 8.53. The van der Waals surface area contributed by atoms with E-state index >= 15 is 0 Å². The predicted octanol–water partition coefficient (Wildman–Crippen LogP) is 7.00. The van der Waals surface area contributed by atoms with Crippen molar-refractivity contribution in [3.8, 4) is 0 Å². The lowest BCUT2D eigenvalue weighted by Crippen LogP contribution is -2.27. The van der Waals surface area contributed by atoms with Gasteiger partial charge in [0.15, 0.2) is 6.29 Å². The van der Waals surface area contributed by atoms with Crippen molar-refractivity contribution >= 4 is 0 Å². The van der Waals surface area contributed by atoms with Crippen molar-refractivity contribution in [1.29, 1.82) is 0 Å². The summed E-state index contributed by atoms with van der Waals surface area (Å²) in [5.41, 5.74) is 2.69. The normalized spacial score (nSPS) is 29.6. The number of hydrogen-bond acceptors (Lipinski definition) is 2. The molecule has 1 aliphatic heterocycles. The van der Waals surface area contributed by atoms with Crippen molar-refractivity contribution in [3.05, 3.63) is 35.4 Å². The van der Waals surface area contributed by atoms with E-state index in [1.54, 1.807) is 0 Å². The molecule has 1 aromatic carbocycles. The van der Waals surface area contributed by atoms with E-state index in [0.29, 0.717) is 5.92 Å². The van der Waals surface area contributed by atoms with Gasteiger partial charge >= 0.3 is 0 Å². The highest BCUT2D eigenvalue weighted by Crippen LogP contribution is 2.38. The van der Waals surface area contributed by atoms with Crippen LogP contribution in [0.3, 0.4) is 0 Å². The second-order valence-electron chi connectivity index (χ2n) is 8.53. The molecule has 3 rings (SSSR count). The fourth-order valence-electron chi connectivity index (χ4n) is 4.70. The minimum atomic E-state index is -0.161. The maximum Gasteiger partial charge on any atom is 0.183 e. The zero-order valence-electron chi connectivity index (χ0n) is 16.9. The molecule has 1 saturated carbocycles. The average molecular weight is 359 g/mol. The molecule has 2 aliphatic rings. The summed E-state index contributed by atoms with van der Waals surface area (Å²) < 4.78 is 11.9. The summed E-state index contributed by atoms with van der Waals surface area (Å²) in [5.74, 6) is 2.31. The summed E-state index contributed by atoms with van der Waals surface area (Å²) in [6, 6.07) is 9.10. The highest BCUT2D eigenvalue weighted by molar-refractivity contribution is 5.26. The van der Waals surface area contributed by atoms with E-state index in [0.717, 1.165) is 25.0 Å². The van der Waals surface area contributed by atoms with Gasteiger partial charge in [0, 0.05) is 11.5 Å². The Labute approximate surface area is 160 Å². The van der Waals surface area contributed by atoms with Crippen LogP contribution in [0.2, 0.25) is 0 Å². The van der Waals surface area contributed by atoms with E-state index in [9.17, 15) is 0 Å². The third-order valence-electron chi connectivity index (χ3n) is 6.41. The van der Waals surface area contributed by atoms with E-state index in [2.05, 4.69) is 38.1 Å². The third-order valence-corrected chi connectivity index (χ3v) is 6.41. The molecule has 0 bridgehead atoms. The van der Waals surface area contributed by atoms with Crippen LogP contribution in [0, 0.1) is 11.8 Å². The van der Waals surface area contributed by atoms with Gasteiger partial charge in [-0.3, -0.25) is 0 Å². The van der Waals surface area contributed by atoms with Gasteiger partial charge in [0.25, 0.3) is 0 Å². The van der Waals surface area contributed by atoms with E-state index in [1.165, 1.54) is 75.3 Å². The molecule has 0 N–H and O–H groups in total. The van der Waals surface area contributed by atoms with Crippen LogP contribution in [0.5, 0.6) is 0 Å². The smallest absolute Gasteiger partial charge is 0.183 e. The van der Waals surface area contributed by atoms with Crippen LogP contribution >= 0.6 is 0 Å². The second kappa shape index (κ2) is 10.5. The summed E-state index contributed by atoms with van der Waals surface area (Å²) in [7, 11) is 0. The van der Waals surface area contributed by atoms with E-state index in [-0.39, 0.29) is 6.29 Å². The predicted molar refractivity (Wildman–Crippen MR) is 108 cm³/mol. The summed E-state index contributed by atoms with van der Waals surface area (Å²) in [5, 5.41) is 0. The van der Waals surface area contributed by atoms with Crippen LogP contribution in [0.1, 0.15) is 101 Å². The Morgan fingerprint density at radius 2 is 1.38 bits per heavy atom. The maximum atomic E-state index is 5.95. The minimum Gasteiger partial charge on any atom is -0.348 e. The van der Waals surface area contributed by atoms with E-state index < -0.39 is 0 Å². The first-order valence-electron chi connectivity index (χ1n) is 11.1. The highest BCUT2D eigenvalue weighted by Gasteiger charge is 2.25. The molecule has 1 heterocycles. The zero-order chi connectivity index (χ0) is 18.2. The van der Waals surface area contributed by atoms with Crippen molar-refractivity contribution in [2.24, 2.45) is 11.8 Å². The molecule has 2 nitrogen and oxygen atoms in total. The molecular weight excluding hydrogens is 320 g/mol. The molecule has 0 unspecified atom stereocenters. The van der Waals surface area contributed by atoms with Crippen LogP contribution in [0.4, 0.5) is 0 Å². The molecule has 1 aromatic rings. The lowest BCUT2D eigenvalue weighted by Gasteiger charge is -2.30. The molecule has 0 radical (unpaired) electrons. The first-order chi connectivity index (χ1) is 12.8. The molecule has 0 amide bonds. The topological polar surface area (TPSA) is 18.5 Å². The Kier molecular flexibility index (Phi) is 8.01. The molecule has 146 valence electrons. The Hall–Kier alpha value is -0.860. The molecular formula is C24H38O2. The summed E-state index contributed by atoms with van der Waals surface area (Å²) >= 11 is 0. The number of benzene rings is 1. The molecule has 1 saturated heterocycles. The highest BCUT2D eigenvalue weighted by atomic mass is 16.7. The van der Waals surface area contributed by atoms with Gasteiger partial charge in [-0.05, 0) is 49.5 Å². The lowest BCUT2D eigenvalue weighted by molar-refractivity contribution is -0.206. The Balaban J connectivity index is 1.45.